The van der Waals surface area contributed by atoms with Gasteiger partial charge in [-0.2, -0.15) is 0 Å². The van der Waals surface area contributed by atoms with E-state index in [4.69, 9.17) is 29.3 Å². The van der Waals surface area contributed by atoms with Crippen LogP contribution in [0, 0.1) is 0 Å². The molecule has 0 radical (unpaired) electrons. The molecule has 128 valence electrons. The summed E-state index contributed by atoms with van der Waals surface area (Å²) in [5.41, 5.74) is -1.53. The van der Waals surface area contributed by atoms with Crippen molar-refractivity contribution >= 4 is 16.5 Å². The Morgan fingerprint density at radius 3 is 0.905 bits per heavy atom. The van der Waals surface area contributed by atoms with Crippen LogP contribution in [0.1, 0.15) is 62.3 Å². The van der Waals surface area contributed by atoms with Gasteiger partial charge in [-0.05, 0) is 0 Å². The molecule has 0 N–H and O–H groups in total. The molecule has 0 aliphatic carbocycles. The Bertz CT molecular complexity index is 255. The van der Waals surface area contributed by atoms with E-state index in [1.54, 1.807) is 0 Å². The van der Waals surface area contributed by atoms with Gasteiger partial charge in [0, 0.05) is 0 Å². The molecule has 0 heterocycles. The summed E-state index contributed by atoms with van der Waals surface area (Å²) in [7, 11) is 0. The first-order valence-electron chi connectivity index (χ1n) is 7.29. The Hall–Kier alpha value is 0.303. The first kappa shape index (κ1) is 21.3. The summed E-state index contributed by atoms with van der Waals surface area (Å²) in [5.74, 6) is -1.52. The van der Waals surface area contributed by atoms with Crippen LogP contribution in [0.5, 0.6) is 0 Å². The van der Waals surface area contributed by atoms with Crippen molar-refractivity contribution in [2.75, 3.05) is 0 Å². The average Bonchev–Trinajstić information content (AvgIpc) is 2.25. The number of rotatable bonds is 7. The molecule has 21 heavy (non-hydrogen) atoms. The summed E-state index contributed by atoms with van der Waals surface area (Å²) >= 11 is 0.358. The molecule has 0 saturated carbocycles. The van der Waals surface area contributed by atoms with Crippen molar-refractivity contribution in [2.45, 2.75) is 90.3 Å². The van der Waals surface area contributed by atoms with E-state index in [0.29, 0.717) is 21.8 Å². The second-order valence-electron chi connectivity index (χ2n) is 7.87. The summed E-state index contributed by atoms with van der Waals surface area (Å²) in [6, 6.07) is 0. The molecule has 6 nitrogen and oxygen atoms in total. The van der Waals surface area contributed by atoms with Crippen molar-refractivity contribution in [1.29, 1.82) is 0 Å². The topological polar surface area (TPSA) is 55.4 Å². The molecule has 0 bridgehead atoms. The van der Waals surface area contributed by atoms with Gasteiger partial charge in [-0.15, -0.1) is 0 Å². The summed E-state index contributed by atoms with van der Waals surface area (Å²) in [6.45, 7) is 16.8. The van der Waals surface area contributed by atoms with Crippen LogP contribution in [0.4, 0.5) is 0 Å². The molecule has 0 rings (SSSR count). The second-order valence-corrected chi connectivity index (χ2v) is 9.36. The minimum absolute atomic E-state index is 0.358. The fraction of sp³-hybridized carbons (Fsp3) is 1.00. The molecule has 0 aromatic carbocycles. The van der Waals surface area contributed by atoms with Gasteiger partial charge in [0.05, 0.1) is 0 Å². The SMILES string of the molecule is CC(C)(C)OOC([CH2][GeH3])(OOC(C)(C)C)OOC(C)(C)C. The fourth-order valence-electron chi connectivity index (χ4n) is 0.784. The van der Waals surface area contributed by atoms with Gasteiger partial charge in [0.25, 0.3) is 0 Å². The molecule has 0 aromatic rings. The van der Waals surface area contributed by atoms with Crippen molar-refractivity contribution in [3.63, 3.8) is 0 Å². The van der Waals surface area contributed by atoms with Crippen LogP contribution < -0.4 is 0 Å². The Morgan fingerprint density at radius 1 is 0.524 bits per heavy atom. The summed E-state index contributed by atoms with van der Waals surface area (Å²) in [5, 5.41) is 0.488. The molecular formula is C14H32GeO6. The van der Waals surface area contributed by atoms with Crippen LogP contribution in [0.25, 0.3) is 0 Å². The Balaban J connectivity index is 4.91. The fourth-order valence-corrected chi connectivity index (χ4v) is 1.53. The Kier molecular flexibility index (Phi) is 7.83. The number of hydrogen-bond donors (Lipinski definition) is 0. The van der Waals surface area contributed by atoms with Gasteiger partial charge in [-0.3, -0.25) is 0 Å². The molecular weight excluding hydrogens is 337 g/mol. The quantitative estimate of drug-likeness (QED) is 0.298. The zero-order chi connectivity index (χ0) is 16.9. The summed E-state index contributed by atoms with van der Waals surface area (Å²) in [6.07, 6.45) is 0. The van der Waals surface area contributed by atoms with E-state index in [-0.39, 0.29) is 0 Å². The zero-order valence-electron chi connectivity index (χ0n) is 15.2. The molecule has 0 aromatic heterocycles. The summed E-state index contributed by atoms with van der Waals surface area (Å²) in [4.78, 5) is 32.2. The molecule has 0 fully saturated rings. The molecule has 0 atom stereocenters. The maximum absolute atomic E-state index is 5.39. The third-order valence-electron chi connectivity index (χ3n) is 1.69. The van der Waals surface area contributed by atoms with Gasteiger partial charge >= 0.3 is 136 Å². The first-order valence-corrected chi connectivity index (χ1v) is 10.3. The van der Waals surface area contributed by atoms with Crippen molar-refractivity contribution in [3.05, 3.63) is 0 Å². The van der Waals surface area contributed by atoms with Crippen LogP contribution in [0.15, 0.2) is 0 Å². The molecule has 0 amide bonds. The van der Waals surface area contributed by atoms with E-state index < -0.39 is 22.8 Å². The van der Waals surface area contributed by atoms with E-state index in [2.05, 4.69) is 0 Å². The molecule has 7 heteroatoms. The standard InChI is InChI=1S/C14H32GeO6/c1-11(2,3)16-19-14(10-15,20-17-12(4,5)6)21-18-13(7,8)9/h10H2,1-9,15H3. The third kappa shape index (κ3) is 11.5. The van der Waals surface area contributed by atoms with Crippen LogP contribution in [0.2, 0.25) is 5.25 Å². The van der Waals surface area contributed by atoms with E-state index >= 15 is 0 Å². The van der Waals surface area contributed by atoms with Crippen molar-refractivity contribution < 1.29 is 29.3 Å². The molecule has 0 aliphatic heterocycles. The van der Waals surface area contributed by atoms with E-state index in [1.165, 1.54) is 0 Å². The molecule has 0 saturated heterocycles. The van der Waals surface area contributed by atoms with Gasteiger partial charge in [0.2, 0.25) is 0 Å². The van der Waals surface area contributed by atoms with E-state index in [1.807, 2.05) is 62.3 Å². The van der Waals surface area contributed by atoms with Crippen molar-refractivity contribution in [1.82, 2.24) is 0 Å². The molecule has 0 spiro atoms. The van der Waals surface area contributed by atoms with Gasteiger partial charge in [0.1, 0.15) is 0 Å². The van der Waals surface area contributed by atoms with Crippen molar-refractivity contribution in [3.8, 4) is 0 Å². The van der Waals surface area contributed by atoms with Gasteiger partial charge in [-0.25, -0.2) is 0 Å². The van der Waals surface area contributed by atoms with Crippen molar-refractivity contribution in [2.24, 2.45) is 0 Å². The summed E-state index contributed by atoms with van der Waals surface area (Å²) < 4.78 is 0. The van der Waals surface area contributed by atoms with Gasteiger partial charge < -0.3 is 0 Å². The van der Waals surface area contributed by atoms with Crippen LogP contribution in [0.3, 0.4) is 0 Å². The Labute approximate surface area is 136 Å². The van der Waals surface area contributed by atoms with Crippen LogP contribution in [-0.2, 0) is 29.3 Å². The maximum atomic E-state index is 5.39. The molecule has 0 aliphatic rings. The number of hydrogen-bond acceptors (Lipinski definition) is 6. The van der Waals surface area contributed by atoms with Gasteiger partial charge in [0.15, 0.2) is 0 Å². The van der Waals surface area contributed by atoms with E-state index in [9.17, 15) is 0 Å². The van der Waals surface area contributed by atoms with Crippen LogP contribution >= 0.6 is 0 Å². The second kappa shape index (κ2) is 7.72. The van der Waals surface area contributed by atoms with Crippen LogP contribution in [-0.4, -0.2) is 39.3 Å². The normalized spacial score (nSPS) is 14.7. The third-order valence-corrected chi connectivity index (χ3v) is 3.51. The zero-order valence-corrected chi connectivity index (χ0v) is 19.4. The minimum atomic E-state index is -1.52. The van der Waals surface area contributed by atoms with E-state index in [0.717, 1.165) is 0 Å². The Morgan fingerprint density at radius 2 is 0.762 bits per heavy atom. The first-order chi connectivity index (χ1) is 9.18. The monoisotopic (exact) mass is 370 g/mol. The van der Waals surface area contributed by atoms with Gasteiger partial charge in [-0.1, -0.05) is 0 Å². The predicted molar refractivity (Wildman–Crippen MR) is 83.2 cm³/mol. The average molecular weight is 369 g/mol. The predicted octanol–water partition coefficient (Wildman–Crippen LogP) is 2.66. The molecule has 0 unspecified atom stereocenters.